The Labute approximate surface area is 194 Å². The summed E-state index contributed by atoms with van der Waals surface area (Å²) in [7, 11) is -3.80. The number of H-pyrrole nitrogens is 1. The molecule has 170 valence electrons. The number of ether oxygens (including phenoxy) is 1. The molecule has 3 rings (SSSR count). The Balaban J connectivity index is 1.96. The van der Waals surface area contributed by atoms with Crippen LogP contribution in [0.5, 0.6) is 0 Å². The first kappa shape index (κ1) is 24.0. The monoisotopic (exact) mass is 474 g/mol. The number of nitrogens with one attached hydrogen (secondary N) is 1. The van der Waals surface area contributed by atoms with Crippen molar-refractivity contribution in [3.05, 3.63) is 87.7 Å². The minimum Gasteiger partial charge on any atom is -0.461 e. The second-order valence-corrected chi connectivity index (χ2v) is 9.85. The van der Waals surface area contributed by atoms with Gasteiger partial charge in [-0.3, -0.25) is 0 Å². The molecule has 0 amide bonds. The van der Waals surface area contributed by atoms with Gasteiger partial charge in [-0.1, -0.05) is 41.9 Å². The van der Waals surface area contributed by atoms with Gasteiger partial charge in [0.25, 0.3) is 0 Å². The molecular weight excluding hydrogens is 448 g/mol. The number of aromatic amines is 1. The number of halogens is 1. The van der Waals surface area contributed by atoms with Crippen LogP contribution in [-0.4, -0.2) is 36.8 Å². The van der Waals surface area contributed by atoms with Crippen LogP contribution < -0.4 is 0 Å². The van der Waals surface area contributed by atoms with E-state index in [1.54, 1.807) is 26.0 Å². The average Bonchev–Trinajstić information content (AvgIpc) is 3.05. The summed E-state index contributed by atoms with van der Waals surface area (Å²) in [5, 5.41) is 0.469. The Hall–Kier alpha value is -2.61. The van der Waals surface area contributed by atoms with Gasteiger partial charge in [0.15, 0.2) is 0 Å². The molecule has 0 unspecified atom stereocenters. The van der Waals surface area contributed by atoms with Gasteiger partial charge >= 0.3 is 5.97 Å². The summed E-state index contributed by atoms with van der Waals surface area (Å²) in [6.07, 6.45) is 0.556. The number of nitrogens with zero attached hydrogens (tertiary/aromatic N) is 1. The predicted molar refractivity (Wildman–Crippen MR) is 125 cm³/mol. The van der Waals surface area contributed by atoms with E-state index in [1.165, 1.54) is 16.4 Å². The summed E-state index contributed by atoms with van der Waals surface area (Å²) in [5.74, 6) is -0.448. The van der Waals surface area contributed by atoms with Crippen LogP contribution in [0.1, 0.15) is 39.8 Å². The lowest BCUT2D eigenvalue weighted by atomic mass is 10.1. The van der Waals surface area contributed by atoms with Gasteiger partial charge in [0.1, 0.15) is 5.69 Å². The summed E-state index contributed by atoms with van der Waals surface area (Å²) in [5.41, 5.74) is 3.59. The van der Waals surface area contributed by atoms with E-state index < -0.39 is 16.0 Å². The number of carbonyl (C=O) groups excluding carboxylic acids is 1. The molecule has 1 heterocycles. The highest BCUT2D eigenvalue weighted by atomic mass is 35.5. The zero-order valence-corrected chi connectivity index (χ0v) is 20.0. The van der Waals surface area contributed by atoms with Crippen LogP contribution >= 0.6 is 11.6 Å². The Morgan fingerprint density at radius 3 is 2.34 bits per heavy atom. The van der Waals surface area contributed by atoms with Crippen LogP contribution in [0.3, 0.4) is 0 Å². The van der Waals surface area contributed by atoms with E-state index in [0.29, 0.717) is 22.7 Å². The van der Waals surface area contributed by atoms with Crippen molar-refractivity contribution < 1.29 is 17.9 Å². The van der Waals surface area contributed by atoms with Crippen LogP contribution in [0, 0.1) is 13.8 Å². The summed E-state index contributed by atoms with van der Waals surface area (Å²) in [4.78, 5) is 15.5. The van der Waals surface area contributed by atoms with Gasteiger partial charge in [-0.15, -0.1) is 0 Å². The number of aromatic nitrogens is 1. The maximum absolute atomic E-state index is 13.5. The number of sulfonamides is 1. The minimum absolute atomic E-state index is 0.130. The number of hydrogen-bond acceptors (Lipinski definition) is 4. The van der Waals surface area contributed by atoms with Crippen LogP contribution in [0.15, 0.2) is 59.5 Å². The summed E-state index contributed by atoms with van der Waals surface area (Å²) < 4.78 is 33.6. The molecule has 0 aliphatic carbocycles. The van der Waals surface area contributed by atoms with E-state index in [9.17, 15) is 13.2 Å². The number of esters is 1. The summed E-state index contributed by atoms with van der Waals surface area (Å²) in [6, 6.07) is 15.9. The van der Waals surface area contributed by atoms with Crippen LogP contribution in [-0.2, 0) is 27.7 Å². The molecule has 3 aromatic rings. The van der Waals surface area contributed by atoms with E-state index in [1.807, 2.05) is 37.3 Å². The van der Waals surface area contributed by atoms with E-state index in [4.69, 9.17) is 16.3 Å². The van der Waals surface area contributed by atoms with E-state index >= 15 is 0 Å². The van der Waals surface area contributed by atoms with Gasteiger partial charge < -0.3 is 9.72 Å². The third-order valence-electron chi connectivity index (χ3n) is 5.35. The molecule has 8 heteroatoms. The fourth-order valence-corrected chi connectivity index (χ4v) is 5.08. The SMILES string of the molecule is CCOC(=O)c1[nH]c(C)c(CN(CCc2ccccc2)S(=O)(=O)c2ccc(Cl)cc2)c1C. The molecule has 0 radical (unpaired) electrons. The van der Waals surface area contributed by atoms with Crippen molar-refractivity contribution in [3.8, 4) is 0 Å². The van der Waals surface area contributed by atoms with Crippen molar-refractivity contribution in [3.63, 3.8) is 0 Å². The highest BCUT2D eigenvalue weighted by molar-refractivity contribution is 7.89. The molecule has 2 aromatic carbocycles. The van der Waals surface area contributed by atoms with Gasteiger partial charge in [-0.25, -0.2) is 13.2 Å². The number of carbonyl (C=O) groups is 1. The molecule has 0 aliphatic heterocycles. The zero-order chi connectivity index (χ0) is 23.3. The zero-order valence-electron chi connectivity index (χ0n) is 18.4. The van der Waals surface area contributed by atoms with Gasteiger partial charge in [0.05, 0.1) is 11.5 Å². The van der Waals surface area contributed by atoms with Crippen molar-refractivity contribution in [1.29, 1.82) is 0 Å². The van der Waals surface area contributed by atoms with Crippen LogP contribution in [0.2, 0.25) is 5.02 Å². The van der Waals surface area contributed by atoms with Gasteiger partial charge in [-0.05, 0) is 68.1 Å². The van der Waals surface area contributed by atoms with Crippen molar-refractivity contribution in [2.75, 3.05) is 13.2 Å². The normalized spacial score (nSPS) is 11.7. The molecule has 1 aromatic heterocycles. The molecule has 0 atom stereocenters. The lowest BCUT2D eigenvalue weighted by Gasteiger charge is -2.23. The number of rotatable bonds is 9. The molecule has 0 aliphatic rings. The Morgan fingerprint density at radius 1 is 1.06 bits per heavy atom. The molecule has 0 spiro atoms. The lowest BCUT2D eigenvalue weighted by molar-refractivity contribution is 0.0519. The quantitative estimate of drug-likeness (QED) is 0.447. The third kappa shape index (κ3) is 5.41. The van der Waals surface area contributed by atoms with Gasteiger partial charge in [0.2, 0.25) is 10.0 Å². The van der Waals surface area contributed by atoms with Crippen molar-refractivity contribution in [2.45, 2.75) is 38.6 Å². The van der Waals surface area contributed by atoms with E-state index in [0.717, 1.165) is 16.8 Å². The Kier molecular flexibility index (Phi) is 7.77. The molecule has 0 saturated heterocycles. The molecule has 0 bridgehead atoms. The second kappa shape index (κ2) is 10.3. The first-order chi connectivity index (χ1) is 15.2. The standard InChI is InChI=1S/C24H27ClN2O4S/c1-4-31-24(28)23-17(2)22(18(3)26-23)16-27(15-14-19-8-6-5-7-9-19)32(29,30)21-12-10-20(25)11-13-21/h5-13,26H,4,14-16H2,1-3H3. The number of aryl methyl sites for hydroxylation is 1. The second-order valence-electron chi connectivity index (χ2n) is 7.48. The number of hydrogen-bond donors (Lipinski definition) is 1. The Bertz CT molecular complexity index is 1170. The highest BCUT2D eigenvalue weighted by Crippen LogP contribution is 2.25. The van der Waals surface area contributed by atoms with Crippen molar-refractivity contribution >= 4 is 27.6 Å². The first-order valence-corrected chi connectivity index (χ1v) is 12.2. The third-order valence-corrected chi connectivity index (χ3v) is 7.46. The molecule has 0 fully saturated rings. The van der Waals surface area contributed by atoms with Crippen LogP contribution in [0.4, 0.5) is 0 Å². The summed E-state index contributed by atoms with van der Waals surface area (Å²) in [6.45, 7) is 6.05. The Morgan fingerprint density at radius 2 is 1.72 bits per heavy atom. The smallest absolute Gasteiger partial charge is 0.355 e. The maximum Gasteiger partial charge on any atom is 0.355 e. The van der Waals surface area contributed by atoms with Crippen molar-refractivity contribution in [1.82, 2.24) is 9.29 Å². The number of benzene rings is 2. The largest absolute Gasteiger partial charge is 0.461 e. The molecule has 6 nitrogen and oxygen atoms in total. The molecule has 0 saturated carbocycles. The minimum atomic E-state index is -3.80. The highest BCUT2D eigenvalue weighted by Gasteiger charge is 2.28. The summed E-state index contributed by atoms with van der Waals surface area (Å²) >= 11 is 5.96. The first-order valence-electron chi connectivity index (χ1n) is 10.4. The average molecular weight is 475 g/mol. The molecule has 1 N–H and O–H groups in total. The van der Waals surface area contributed by atoms with Gasteiger partial charge in [-0.2, -0.15) is 4.31 Å². The molecular formula is C24H27ClN2O4S. The lowest BCUT2D eigenvalue weighted by Crippen LogP contribution is -2.33. The fourth-order valence-electron chi connectivity index (χ4n) is 3.55. The molecule has 32 heavy (non-hydrogen) atoms. The fraction of sp³-hybridized carbons (Fsp3) is 0.292. The van der Waals surface area contributed by atoms with Gasteiger partial charge in [0, 0.05) is 23.8 Å². The van der Waals surface area contributed by atoms with E-state index in [2.05, 4.69) is 4.98 Å². The predicted octanol–water partition coefficient (Wildman–Crippen LogP) is 4.90. The van der Waals surface area contributed by atoms with E-state index in [-0.39, 0.29) is 24.6 Å². The van der Waals surface area contributed by atoms with Crippen molar-refractivity contribution in [2.24, 2.45) is 0 Å². The van der Waals surface area contributed by atoms with Crippen LogP contribution in [0.25, 0.3) is 0 Å². The maximum atomic E-state index is 13.5. The topological polar surface area (TPSA) is 79.5 Å².